The van der Waals surface area contributed by atoms with Gasteiger partial charge in [0.1, 0.15) is 11.5 Å². The van der Waals surface area contributed by atoms with Gasteiger partial charge in [0.25, 0.3) is 0 Å². The molecule has 4 rings (SSSR count). The topological polar surface area (TPSA) is 38.1 Å². The minimum atomic E-state index is -0.333. The van der Waals surface area contributed by atoms with Crippen molar-refractivity contribution >= 4 is 34.6 Å². The third-order valence-corrected chi connectivity index (χ3v) is 5.75. The lowest BCUT2D eigenvalue weighted by Crippen LogP contribution is -2.33. The van der Waals surface area contributed by atoms with Crippen LogP contribution in [0.15, 0.2) is 23.3 Å². The third kappa shape index (κ3) is 2.58. The Kier molecular flexibility index (Phi) is 4.08. The number of benzene rings is 1. The number of fused-ring (bicyclic) bond motifs is 2. The zero-order chi connectivity index (χ0) is 17.8. The molecule has 1 aromatic carbocycles. The molecular formula is C19H18Cl2FN3. The fourth-order valence-electron chi connectivity index (χ4n) is 4.31. The summed E-state index contributed by atoms with van der Waals surface area (Å²) in [5.74, 6) is -0.0503. The largest absolute Gasteiger partial charge is 0.253 e. The molecule has 0 saturated heterocycles. The van der Waals surface area contributed by atoms with Crippen LogP contribution in [0.4, 0.5) is 10.1 Å². The van der Waals surface area contributed by atoms with Crippen LogP contribution in [0.25, 0.3) is 11.3 Å². The molecule has 1 fully saturated rings. The van der Waals surface area contributed by atoms with Crippen LogP contribution >= 0.6 is 23.2 Å². The molecule has 0 unspecified atom stereocenters. The monoisotopic (exact) mass is 377 g/mol. The number of nitrogens with zero attached hydrogens (tertiary/aromatic N) is 3. The van der Waals surface area contributed by atoms with E-state index < -0.39 is 0 Å². The summed E-state index contributed by atoms with van der Waals surface area (Å²) in [4.78, 5) is 12.8. The number of aliphatic imine (C=N–C) groups is 1. The van der Waals surface area contributed by atoms with E-state index in [1.807, 2.05) is 6.07 Å². The Morgan fingerprint density at radius 3 is 2.56 bits per heavy atom. The average Bonchev–Trinajstić information content (AvgIpc) is 3.17. The van der Waals surface area contributed by atoms with Crippen LogP contribution in [0.1, 0.15) is 45.1 Å². The second-order valence-electron chi connectivity index (χ2n) is 7.13. The molecular weight excluding hydrogens is 360 g/mol. The van der Waals surface area contributed by atoms with Gasteiger partial charge in [0.15, 0.2) is 0 Å². The standard InChI is InChI=1S/C19H18Cl2FN3/c1-10(2)17-19(5-3-4-6-19)12-7-11(8-14(22)16(12)24-17)15-13(20)9-23-18(21)25-15/h7-10H,3-6H2,1-2H3. The summed E-state index contributed by atoms with van der Waals surface area (Å²) in [5, 5.41) is 0.447. The summed E-state index contributed by atoms with van der Waals surface area (Å²) in [5.41, 5.74) is 3.47. The molecule has 6 heteroatoms. The molecule has 1 aliphatic carbocycles. The highest BCUT2D eigenvalue weighted by Crippen LogP contribution is 2.53. The first-order valence-electron chi connectivity index (χ1n) is 8.54. The maximum atomic E-state index is 14.9. The van der Waals surface area contributed by atoms with Crippen molar-refractivity contribution in [3.63, 3.8) is 0 Å². The molecule has 0 amide bonds. The quantitative estimate of drug-likeness (QED) is 0.589. The molecule has 1 aromatic heterocycles. The van der Waals surface area contributed by atoms with Crippen molar-refractivity contribution < 1.29 is 4.39 Å². The predicted octanol–water partition coefficient (Wildman–Crippen LogP) is 6.14. The van der Waals surface area contributed by atoms with E-state index in [1.54, 1.807) is 0 Å². The molecule has 1 spiro atoms. The van der Waals surface area contributed by atoms with E-state index >= 15 is 0 Å². The molecule has 0 bridgehead atoms. The van der Waals surface area contributed by atoms with Gasteiger partial charge in [-0.3, -0.25) is 4.99 Å². The maximum absolute atomic E-state index is 14.9. The van der Waals surface area contributed by atoms with Crippen molar-refractivity contribution in [2.24, 2.45) is 10.9 Å². The summed E-state index contributed by atoms with van der Waals surface area (Å²) in [7, 11) is 0. The van der Waals surface area contributed by atoms with Crippen LogP contribution in [0.5, 0.6) is 0 Å². The Labute approximate surface area is 156 Å². The number of halogens is 3. The highest BCUT2D eigenvalue weighted by Gasteiger charge is 2.47. The summed E-state index contributed by atoms with van der Waals surface area (Å²) in [6, 6.07) is 3.44. The molecule has 0 N–H and O–H groups in total. The lowest BCUT2D eigenvalue weighted by atomic mass is 9.72. The van der Waals surface area contributed by atoms with E-state index in [0.717, 1.165) is 37.0 Å². The maximum Gasteiger partial charge on any atom is 0.222 e. The highest BCUT2D eigenvalue weighted by molar-refractivity contribution is 6.33. The van der Waals surface area contributed by atoms with Crippen molar-refractivity contribution in [2.75, 3.05) is 0 Å². The van der Waals surface area contributed by atoms with Crippen LogP contribution in [-0.2, 0) is 5.41 Å². The SMILES string of the molecule is CC(C)C1=Nc2c(F)cc(-c3nc(Cl)ncc3Cl)cc2C12CCCC2. The lowest BCUT2D eigenvalue weighted by molar-refractivity contribution is 0.576. The summed E-state index contributed by atoms with van der Waals surface area (Å²) < 4.78 is 14.9. The fraction of sp³-hybridized carbons (Fsp3) is 0.421. The molecule has 25 heavy (non-hydrogen) atoms. The molecule has 0 atom stereocenters. The zero-order valence-corrected chi connectivity index (χ0v) is 15.6. The zero-order valence-electron chi connectivity index (χ0n) is 14.1. The predicted molar refractivity (Wildman–Crippen MR) is 99.5 cm³/mol. The first kappa shape index (κ1) is 16.9. The first-order chi connectivity index (χ1) is 11.9. The van der Waals surface area contributed by atoms with Crippen molar-refractivity contribution in [1.82, 2.24) is 9.97 Å². The van der Waals surface area contributed by atoms with Gasteiger partial charge in [0.05, 0.1) is 16.9 Å². The highest BCUT2D eigenvalue weighted by atomic mass is 35.5. The van der Waals surface area contributed by atoms with Crippen LogP contribution in [0.3, 0.4) is 0 Å². The first-order valence-corrected chi connectivity index (χ1v) is 9.29. The Hall–Kier alpha value is -1.52. The van der Waals surface area contributed by atoms with Crippen molar-refractivity contribution in [3.8, 4) is 11.3 Å². The minimum Gasteiger partial charge on any atom is -0.253 e. The smallest absolute Gasteiger partial charge is 0.222 e. The molecule has 3 nitrogen and oxygen atoms in total. The molecule has 130 valence electrons. The van der Waals surface area contributed by atoms with E-state index in [9.17, 15) is 4.39 Å². The lowest BCUT2D eigenvalue weighted by Gasteiger charge is -2.29. The van der Waals surface area contributed by atoms with Gasteiger partial charge in [-0.15, -0.1) is 0 Å². The molecule has 2 aromatic rings. The molecule has 1 saturated carbocycles. The Balaban J connectivity index is 1.93. The average molecular weight is 378 g/mol. The normalized spacial score (nSPS) is 18.1. The Morgan fingerprint density at radius 1 is 1.16 bits per heavy atom. The fourth-order valence-corrected chi connectivity index (χ4v) is 4.65. The van der Waals surface area contributed by atoms with Gasteiger partial charge < -0.3 is 0 Å². The number of rotatable bonds is 2. The van der Waals surface area contributed by atoms with E-state index in [4.69, 9.17) is 28.2 Å². The van der Waals surface area contributed by atoms with E-state index in [2.05, 4.69) is 23.8 Å². The summed E-state index contributed by atoms with van der Waals surface area (Å²) in [6.45, 7) is 4.26. The second kappa shape index (κ2) is 6.03. The summed E-state index contributed by atoms with van der Waals surface area (Å²) in [6.07, 6.45) is 5.74. The van der Waals surface area contributed by atoms with Gasteiger partial charge in [0.2, 0.25) is 5.28 Å². The van der Waals surface area contributed by atoms with E-state index in [0.29, 0.717) is 22.0 Å². The van der Waals surface area contributed by atoms with Gasteiger partial charge in [-0.25, -0.2) is 14.4 Å². The molecule has 0 radical (unpaired) electrons. The Morgan fingerprint density at radius 2 is 1.88 bits per heavy atom. The van der Waals surface area contributed by atoms with Gasteiger partial charge in [-0.1, -0.05) is 38.3 Å². The third-order valence-electron chi connectivity index (χ3n) is 5.29. The van der Waals surface area contributed by atoms with E-state index in [-0.39, 0.29) is 22.4 Å². The van der Waals surface area contributed by atoms with Crippen LogP contribution < -0.4 is 0 Å². The molecule has 2 heterocycles. The number of hydrogen-bond donors (Lipinski definition) is 0. The van der Waals surface area contributed by atoms with Gasteiger partial charge in [0, 0.05) is 16.7 Å². The van der Waals surface area contributed by atoms with Gasteiger partial charge in [-0.2, -0.15) is 0 Å². The van der Waals surface area contributed by atoms with Crippen LogP contribution in [-0.4, -0.2) is 15.7 Å². The number of hydrogen-bond acceptors (Lipinski definition) is 3. The van der Waals surface area contributed by atoms with Crippen molar-refractivity contribution in [2.45, 2.75) is 44.9 Å². The Bertz CT molecular complexity index is 886. The minimum absolute atomic E-state index is 0.0926. The van der Waals surface area contributed by atoms with Gasteiger partial charge >= 0.3 is 0 Å². The van der Waals surface area contributed by atoms with Crippen LogP contribution in [0.2, 0.25) is 10.3 Å². The second-order valence-corrected chi connectivity index (χ2v) is 7.88. The van der Waals surface area contributed by atoms with Crippen molar-refractivity contribution in [1.29, 1.82) is 0 Å². The number of aromatic nitrogens is 2. The summed E-state index contributed by atoms with van der Waals surface area (Å²) >= 11 is 12.1. The van der Waals surface area contributed by atoms with E-state index in [1.165, 1.54) is 12.3 Å². The van der Waals surface area contributed by atoms with Crippen molar-refractivity contribution in [3.05, 3.63) is 40.0 Å². The van der Waals surface area contributed by atoms with Crippen LogP contribution in [0, 0.1) is 11.7 Å². The molecule has 1 aliphatic heterocycles. The molecule has 2 aliphatic rings. The van der Waals surface area contributed by atoms with Gasteiger partial charge in [-0.05, 0) is 48.1 Å².